The minimum atomic E-state index is -3.77. The maximum Gasteiger partial charge on any atom is 0.265 e. The van der Waals surface area contributed by atoms with Crippen molar-refractivity contribution in [3.63, 3.8) is 0 Å². The summed E-state index contributed by atoms with van der Waals surface area (Å²) in [5, 5.41) is 3.22. The predicted molar refractivity (Wildman–Crippen MR) is 114 cm³/mol. The summed E-state index contributed by atoms with van der Waals surface area (Å²) in [6.07, 6.45) is 0. The van der Waals surface area contributed by atoms with Crippen LogP contribution in [0.4, 0.5) is 11.4 Å². The van der Waals surface area contributed by atoms with Gasteiger partial charge in [0.2, 0.25) is 15.9 Å². The van der Waals surface area contributed by atoms with Crippen LogP contribution in [0.25, 0.3) is 0 Å². The zero-order valence-electron chi connectivity index (χ0n) is 16.4. The van der Waals surface area contributed by atoms with Crippen LogP contribution >= 0.6 is 11.6 Å². The van der Waals surface area contributed by atoms with E-state index >= 15 is 0 Å². The molecule has 0 bridgehead atoms. The summed E-state index contributed by atoms with van der Waals surface area (Å²) in [5.74, 6) is -0.551. The number of nitrogens with one attached hydrogen (secondary N) is 1. The average molecular weight is 466 g/mol. The van der Waals surface area contributed by atoms with Crippen LogP contribution < -0.4 is 15.0 Å². The van der Waals surface area contributed by atoms with Crippen molar-refractivity contribution in [2.45, 2.75) is 4.90 Å². The number of sulfonamides is 1. The first-order chi connectivity index (χ1) is 14.8. The van der Waals surface area contributed by atoms with Gasteiger partial charge in [0.15, 0.2) is 6.61 Å². The van der Waals surface area contributed by atoms with Crippen LogP contribution in [0.2, 0.25) is 5.02 Å². The third kappa shape index (κ3) is 4.67. The largest absolute Gasteiger partial charge is 0.482 e. The third-order valence-corrected chi connectivity index (χ3v) is 7.06. The van der Waals surface area contributed by atoms with E-state index < -0.39 is 21.8 Å². The minimum absolute atomic E-state index is 0.0227. The molecule has 1 saturated heterocycles. The van der Waals surface area contributed by atoms with E-state index in [4.69, 9.17) is 21.1 Å². The fourth-order valence-electron chi connectivity index (χ4n) is 3.33. The van der Waals surface area contributed by atoms with Crippen molar-refractivity contribution >= 4 is 44.8 Å². The Labute approximate surface area is 184 Å². The second kappa shape index (κ2) is 8.83. The summed E-state index contributed by atoms with van der Waals surface area (Å²) in [4.78, 5) is 26.3. The standard InChI is InChI=1S/C20H20ClN3O6S/c21-14-1-3-15(4-2-14)22-19(25)12-24-17-11-16(5-6-18(17)30-13-20(24)26)31(27,28)23-7-9-29-10-8-23/h1-6,11H,7-10,12-13H2,(H,22,25). The molecule has 0 aliphatic carbocycles. The number of amides is 2. The van der Waals surface area contributed by atoms with Gasteiger partial charge in [0, 0.05) is 23.8 Å². The highest BCUT2D eigenvalue weighted by molar-refractivity contribution is 7.89. The molecule has 164 valence electrons. The van der Waals surface area contributed by atoms with Gasteiger partial charge in [-0.15, -0.1) is 0 Å². The van der Waals surface area contributed by atoms with Gasteiger partial charge in [-0.05, 0) is 42.5 Å². The van der Waals surface area contributed by atoms with E-state index in [0.29, 0.717) is 29.7 Å². The first-order valence-electron chi connectivity index (χ1n) is 9.55. The van der Waals surface area contributed by atoms with Crippen molar-refractivity contribution in [2.24, 2.45) is 0 Å². The highest BCUT2D eigenvalue weighted by Crippen LogP contribution is 2.35. The van der Waals surface area contributed by atoms with Crippen LogP contribution in [0, 0.1) is 0 Å². The zero-order chi connectivity index (χ0) is 22.0. The minimum Gasteiger partial charge on any atom is -0.482 e. The molecule has 2 aromatic carbocycles. The Hall–Kier alpha value is -2.66. The quantitative estimate of drug-likeness (QED) is 0.721. The van der Waals surface area contributed by atoms with Gasteiger partial charge in [0.05, 0.1) is 23.8 Å². The van der Waals surface area contributed by atoms with Gasteiger partial charge in [-0.25, -0.2) is 8.42 Å². The summed E-state index contributed by atoms with van der Waals surface area (Å²) < 4.78 is 38.0. The van der Waals surface area contributed by atoms with Crippen LogP contribution in [0.1, 0.15) is 0 Å². The molecule has 0 spiro atoms. The number of nitrogens with zero attached hydrogens (tertiary/aromatic N) is 2. The van der Waals surface area contributed by atoms with Crippen molar-refractivity contribution in [2.75, 3.05) is 49.7 Å². The van der Waals surface area contributed by atoms with Crippen molar-refractivity contribution in [1.82, 2.24) is 4.31 Å². The number of carbonyl (C=O) groups excluding carboxylic acids is 2. The molecular weight excluding hydrogens is 446 g/mol. The molecule has 2 heterocycles. The lowest BCUT2D eigenvalue weighted by atomic mass is 10.2. The summed E-state index contributed by atoms with van der Waals surface area (Å²) in [6.45, 7) is 0.616. The molecule has 0 unspecified atom stereocenters. The van der Waals surface area contributed by atoms with Gasteiger partial charge in [0.25, 0.3) is 5.91 Å². The number of hydrogen-bond donors (Lipinski definition) is 1. The Kier molecular flexibility index (Phi) is 6.15. The summed E-state index contributed by atoms with van der Waals surface area (Å²) in [7, 11) is -3.77. The lowest BCUT2D eigenvalue weighted by molar-refractivity contribution is -0.123. The number of benzene rings is 2. The summed E-state index contributed by atoms with van der Waals surface area (Å²) in [5.41, 5.74) is 0.760. The van der Waals surface area contributed by atoms with Gasteiger partial charge in [0.1, 0.15) is 12.3 Å². The smallest absolute Gasteiger partial charge is 0.265 e. The monoisotopic (exact) mass is 465 g/mol. The Morgan fingerprint density at radius 1 is 1.10 bits per heavy atom. The van der Waals surface area contributed by atoms with E-state index in [1.807, 2.05) is 0 Å². The Bertz CT molecular complexity index is 1100. The van der Waals surface area contributed by atoms with Crippen LogP contribution in [0.3, 0.4) is 0 Å². The van der Waals surface area contributed by atoms with E-state index in [-0.39, 0.29) is 36.8 Å². The van der Waals surface area contributed by atoms with E-state index in [9.17, 15) is 18.0 Å². The molecular formula is C20H20ClN3O6S. The van der Waals surface area contributed by atoms with E-state index in [1.54, 1.807) is 24.3 Å². The molecule has 2 aromatic rings. The molecule has 4 rings (SSSR count). The SMILES string of the molecule is O=C(CN1C(=O)COc2ccc(S(=O)(=O)N3CCOCC3)cc21)Nc1ccc(Cl)cc1. The Morgan fingerprint density at radius 3 is 2.52 bits per heavy atom. The first kappa shape index (κ1) is 21.6. The third-order valence-electron chi connectivity index (χ3n) is 4.91. The van der Waals surface area contributed by atoms with Crippen LogP contribution in [0.5, 0.6) is 5.75 Å². The van der Waals surface area contributed by atoms with Gasteiger partial charge in [-0.1, -0.05) is 11.6 Å². The second-order valence-electron chi connectivity index (χ2n) is 6.97. The number of rotatable bonds is 5. The summed E-state index contributed by atoms with van der Waals surface area (Å²) in [6, 6.07) is 10.9. The normalized spacial score (nSPS) is 17.1. The zero-order valence-corrected chi connectivity index (χ0v) is 18.0. The molecule has 2 aliphatic heterocycles. The Morgan fingerprint density at radius 2 is 1.81 bits per heavy atom. The van der Waals surface area contributed by atoms with Crippen LogP contribution in [-0.2, 0) is 24.3 Å². The molecule has 11 heteroatoms. The molecule has 0 radical (unpaired) electrons. The number of hydrogen-bond acceptors (Lipinski definition) is 6. The molecule has 0 saturated carbocycles. The highest BCUT2D eigenvalue weighted by atomic mass is 35.5. The number of carbonyl (C=O) groups is 2. The lowest BCUT2D eigenvalue weighted by Gasteiger charge is -2.30. The molecule has 2 aliphatic rings. The van der Waals surface area contributed by atoms with Gasteiger partial charge >= 0.3 is 0 Å². The van der Waals surface area contributed by atoms with E-state index in [0.717, 1.165) is 0 Å². The van der Waals surface area contributed by atoms with Gasteiger partial charge in [-0.2, -0.15) is 4.31 Å². The molecule has 0 atom stereocenters. The van der Waals surface area contributed by atoms with E-state index in [1.165, 1.54) is 27.4 Å². The lowest BCUT2D eigenvalue weighted by Crippen LogP contribution is -2.44. The van der Waals surface area contributed by atoms with Gasteiger partial charge < -0.3 is 14.8 Å². The molecule has 0 aromatic heterocycles. The Balaban J connectivity index is 1.58. The fraction of sp³-hybridized carbons (Fsp3) is 0.300. The molecule has 1 N–H and O–H groups in total. The number of ether oxygens (including phenoxy) is 2. The molecule has 9 nitrogen and oxygen atoms in total. The van der Waals surface area contributed by atoms with Gasteiger partial charge in [-0.3, -0.25) is 14.5 Å². The van der Waals surface area contributed by atoms with Crippen LogP contribution in [-0.4, -0.2) is 64.0 Å². The predicted octanol–water partition coefficient (Wildman–Crippen LogP) is 1.72. The number of fused-ring (bicyclic) bond motifs is 1. The maximum atomic E-state index is 13.0. The molecule has 31 heavy (non-hydrogen) atoms. The van der Waals surface area contributed by atoms with Crippen molar-refractivity contribution in [1.29, 1.82) is 0 Å². The van der Waals surface area contributed by atoms with E-state index in [2.05, 4.69) is 5.32 Å². The molecule has 2 amide bonds. The topological polar surface area (TPSA) is 105 Å². The van der Waals surface area contributed by atoms with Crippen molar-refractivity contribution in [3.8, 4) is 5.75 Å². The first-order valence-corrected chi connectivity index (χ1v) is 11.4. The van der Waals surface area contributed by atoms with Crippen molar-refractivity contribution in [3.05, 3.63) is 47.5 Å². The second-order valence-corrected chi connectivity index (χ2v) is 9.34. The average Bonchev–Trinajstić information content (AvgIpc) is 2.77. The number of morpholine rings is 1. The molecule has 1 fully saturated rings. The highest BCUT2D eigenvalue weighted by Gasteiger charge is 2.32. The summed E-state index contributed by atoms with van der Waals surface area (Å²) >= 11 is 5.85. The fourth-order valence-corrected chi connectivity index (χ4v) is 4.88. The number of anilines is 2. The van der Waals surface area contributed by atoms with Crippen LogP contribution in [0.15, 0.2) is 47.4 Å². The van der Waals surface area contributed by atoms with Crippen molar-refractivity contribution < 1.29 is 27.5 Å². The number of halogens is 1. The maximum absolute atomic E-state index is 13.0.